The van der Waals surface area contributed by atoms with E-state index in [4.69, 9.17) is 9.47 Å². The number of hydrogen-bond acceptors (Lipinski definition) is 5. The van der Waals surface area contributed by atoms with Gasteiger partial charge in [-0.1, -0.05) is 30.4 Å². The third-order valence-corrected chi connectivity index (χ3v) is 4.35. The number of rotatable bonds is 12. The third kappa shape index (κ3) is 13.3. The molecule has 1 aliphatic heterocycles. The van der Waals surface area contributed by atoms with E-state index in [1.54, 1.807) is 12.2 Å². The highest BCUT2D eigenvalue weighted by molar-refractivity contribution is 5.93. The Hall–Kier alpha value is -2.63. The van der Waals surface area contributed by atoms with Crippen molar-refractivity contribution in [3.8, 4) is 0 Å². The molecule has 2 atom stereocenters. The Balaban J connectivity index is 2.10. The molecule has 0 spiro atoms. The highest BCUT2D eigenvalue weighted by atomic mass is 16.6. The van der Waals surface area contributed by atoms with Crippen LogP contribution in [0.4, 0.5) is 4.79 Å². The average molecular weight is 432 g/mol. The molecule has 1 N–H and O–H groups in total. The van der Waals surface area contributed by atoms with Gasteiger partial charge in [0.2, 0.25) is 0 Å². The van der Waals surface area contributed by atoms with Crippen molar-refractivity contribution in [3.05, 3.63) is 48.1 Å². The highest BCUT2D eigenvalue weighted by Crippen LogP contribution is 2.15. The Morgan fingerprint density at radius 2 is 1.87 bits per heavy atom. The van der Waals surface area contributed by atoms with Gasteiger partial charge in [0, 0.05) is 12.5 Å². The minimum absolute atomic E-state index is 0.0293. The summed E-state index contributed by atoms with van der Waals surface area (Å²) in [5, 5.41) is 2.73. The maximum absolute atomic E-state index is 11.9. The maximum Gasteiger partial charge on any atom is 0.407 e. The molecule has 0 bridgehead atoms. The van der Waals surface area contributed by atoms with Crippen molar-refractivity contribution in [3.63, 3.8) is 0 Å². The smallest absolute Gasteiger partial charge is 0.407 e. The second kappa shape index (κ2) is 13.6. The summed E-state index contributed by atoms with van der Waals surface area (Å²) in [7, 11) is 0. The Kier molecular flexibility index (Phi) is 11.6. The average Bonchev–Trinajstić information content (AvgIpc) is 2.97. The molecule has 31 heavy (non-hydrogen) atoms. The molecule has 6 heteroatoms. The molecule has 0 aliphatic carbocycles. The van der Waals surface area contributed by atoms with Gasteiger partial charge in [-0.2, -0.15) is 0 Å². The number of ketones is 1. The lowest BCUT2D eigenvalue weighted by Gasteiger charge is -2.21. The van der Waals surface area contributed by atoms with Crippen LogP contribution < -0.4 is 5.32 Å². The number of nitrogens with one attached hydrogen (secondary N) is 1. The minimum atomic E-state index is -0.534. The molecule has 1 amide bonds. The molecule has 0 aromatic heterocycles. The third-order valence-electron chi connectivity index (χ3n) is 4.35. The summed E-state index contributed by atoms with van der Waals surface area (Å²) in [6.07, 6.45) is 17.2. The zero-order valence-electron chi connectivity index (χ0n) is 19.5. The SMILES string of the molecule is C[C@@H](CCC(=O)/C=C/C=C/CCCC/C=C/C1=C[C@H](C)OC1=O)NC(=O)OC(C)(C)C. The summed E-state index contributed by atoms with van der Waals surface area (Å²) < 4.78 is 10.2. The summed E-state index contributed by atoms with van der Waals surface area (Å²) in [5.41, 5.74) is 0.102. The lowest BCUT2D eigenvalue weighted by atomic mass is 10.1. The van der Waals surface area contributed by atoms with Gasteiger partial charge in [0.25, 0.3) is 0 Å². The van der Waals surface area contributed by atoms with E-state index >= 15 is 0 Å². The molecule has 1 aliphatic rings. The Morgan fingerprint density at radius 1 is 1.19 bits per heavy atom. The molecule has 0 aromatic carbocycles. The number of hydrogen-bond donors (Lipinski definition) is 1. The van der Waals surface area contributed by atoms with Gasteiger partial charge in [-0.25, -0.2) is 9.59 Å². The van der Waals surface area contributed by atoms with Gasteiger partial charge in [-0.05, 0) is 78.9 Å². The fourth-order valence-electron chi connectivity index (χ4n) is 2.81. The minimum Gasteiger partial charge on any atom is -0.455 e. The van der Waals surface area contributed by atoms with E-state index in [2.05, 4.69) is 5.32 Å². The molecule has 6 nitrogen and oxygen atoms in total. The van der Waals surface area contributed by atoms with Crippen LogP contribution in [0.5, 0.6) is 0 Å². The fourth-order valence-corrected chi connectivity index (χ4v) is 2.81. The molecule has 172 valence electrons. The Morgan fingerprint density at radius 3 is 2.48 bits per heavy atom. The van der Waals surface area contributed by atoms with Crippen LogP contribution in [-0.2, 0) is 19.1 Å². The van der Waals surface area contributed by atoms with Crippen LogP contribution in [0.2, 0.25) is 0 Å². The lowest BCUT2D eigenvalue weighted by molar-refractivity contribution is -0.138. The lowest BCUT2D eigenvalue weighted by Crippen LogP contribution is -2.37. The number of ether oxygens (including phenoxy) is 2. The largest absolute Gasteiger partial charge is 0.455 e. The summed E-state index contributed by atoms with van der Waals surface area (Å²) in [6.45, 7) is 9.13. The van der Waals surface area contributed by atoms with Gasteiger partial charge in [0.1, 0.15) is 11.7 Å². The maximum atomic E-state index is 11.9. The first kappa shape index (κ1) is 26.4. The van der Waals surface area contributed by atoms with E-state index in [-0.39, 0.29) is 23.9 Å². The molecule has 0 radical (unpaired) electrons. The number of cyclic esters (lactones) is 1. The topological polar surface area (TPSA) is 81.7 Å². The van der Waals surface area contributed by atoms with E-state index in [9.17, 15) is 14.4 Å². The van der Waals surface area contributed by atoms with Crippen molar-refractivity contribution in [1.82, 2.24) is 5.32 Å². The quantitative estimate of drug-likeness (QED) is 0.195. The van der Waals surface area contributed by atoms with E-state index < -0.39 is 11.7 Å². The van der Waals surface area contributed by atoms with Gasteiger partial charge in [-0.3, -0.25) is 4.79 Å². The van der Waals surface area contributed by atoms with Gasteiger partial charge >= 0.3 is 12.1 Å². The standard InChI is InChI=1S/C25H37NO5/c1-19(26-24(29)31-25(3,4)5)16-17-22(27)15-13-11-9-7-6-8-10-12-14-21-18-20(2)30-23(21)28/h9,11-15,18-20H,6-8,10,16-17H2,1-5H3,(H,26,29)/b11-9+,14-12+,15-13+/t19-,20-/m0/s1. The molecular weight excluding hydrogens is 394 g/mol. The zero-order chi connectivity index (χ0) is 23.3. The zero-order valence-corrected chi connectivity index (χ0v) is 19.5. The van der Waals surface area contributed by atoms with Crippen molar-refractivity contribution >= 4 is 17.8 Å². The van der Waals surface area contributed by atoms with Crippen molar-refractivity contribution < 1.29 is 23.9 Å². The second-order valence-corrected chi connectivity index (χ2v) is 8.76. The predicted octanol–water partition coefficient (Wildman–Crippen LogP) is 5.35. The monoisotopic (exact) mass is 431 g/mol. The van der Waals surface area contributed by atoms with E-state index in [1.807, 2.05) is 65.0 Å². The molecule has 0 saturated carbocycles. The molecule has 0 aromatic rings. The van der Waals surface area contributed by atoms with Gasteiger partial charge < -0.3 is 14.8 Å². The van der Waals surface area contributed by atoms with Gasteiger partial charge in [-0.15, -0.1) is 0 Å². The second-order valence-electron chi connectivity index (χ2n) is 8.76. The van der Waals surface area contributed by atoms with Crippen molar-refractivity contribution in [2.45, 2.75) is 90.9 Å². The van der Waals surface area contributed by atoms with E-state index in [1.165, 1.54) is 0 Å². The molecule has 0 fully saturated rings. The number of unbranched alkanes of at least 4 members (excludes halogenated alkanes) is 3. The number of amides is 1. The van der Waals surface area contributed by atoms with Gasteiger partial charge in [0.15, 0.2) is 5.78 Å². The first-order valence-corrected chi connectivity index (χ1v) is 11.0. The molecule has 0 unspecified atom stereocenters. The number of carbonyl (C=O) groups is 3. The van der Waals surface area contributed by atoms with Crippen molar-refractivity contribution in [1.29, 1.82) is 0 Å². The first-order valence-electron chi connectivity index (χ1n) is 11.0. The van der Waals surface area contributed by atoms with Crippen LogP contribution in [0, 0.1) is 0 Å². The Labute approximate surface area is 186 Å². The fraction of sp³-hybridized carbons (Fsp3) is 0.560. The Bertz CT molecular complexity index is 725. The van der Waals surface area contributed by atoms with Crippen molar-refractivity contribution in [2.24, 2.45) is 0 Å². The number of carbonyl (C=O) groups excluding carboxylic acids is 3. The molecular formula is C25H37NO5. The predicted molar refractivity (Wildman–Crippen MR) is 123 cm³/mol. The van der Waals surface area contributed by atoms with Crippen LogP contribution in [-0.4, -0.2) is 35.6 Å². The summed E-state index contributed by atoms with van der Waals surface area (Å²) in [4.78, 5) is 35.1. The van der Waals surface area contributed by atoms with Crippen molar-refractivity contribution in [2.75, 3.05) is 0 Å². The highest BCUT2D eigenvalue weighted by Gasteiger charge is 2.19. The molecule has 1 rings (SSSR count). The number of allylic oxidation sites excluding steroid dienone is 5. The normalized spacial score (nSPS) is 17.9. The van der Waals surface area contributed by atoms with Crippen LogP contribution in [0.15, 0.2) is 48.1 Å². The van der Waals surface area contributed by atoms with Gasteiger partial charge in [0.05, 0.1) is 5.57 Å². The van der Waals surface area contributed by atoms with Crippen LogP contribution in [0.3, 0.4) is 0 Å². The number of alkyl carbamates (subject to hydrolysis) is 1. The molecule has 1 heterocycles. The number of esters is 1. The van der Waals surface area contributed by atoms with E-state index in [0.717, 1.165) is 25.7 Å². The summed E-state index contributed by atoms with van der Waals surface area (Å²) in [6, 6.07) is -0.129. The van der Waals surface area contributed by atoms with Crippen LogP contribution >= 0.6 is 0 Å². The summed E-state index contributed by atoms with van der Waals surface area (Å²) >= 11 is 0. The first-order chi connectivity index (χ1) is 14.6. The van der Waals surface area contributed by atoms with Crippen LogP contribution in [0.1, 0.15) is 73.1 Å². The summed E-state index contributed by atoms with van der Waals surface area (Å²) in [5.74, 6) is -0.219. The van der Waals surface area contributed by atoms with Crippen LogP contribution in [0.25, 0.3) is 0 Å². The van der Waals surface area contributed by atoms with E-state index in [0.29, 0.717) is 18.4 Å². The molecule has 0 saturated heterocycles.